The molecule has 7 nitrogen and oxygen atoms in total. The molecule has 1 unspecified atom stereocenters. The highest BCUT2D eigenvalue weighted by Crippen LogP contribution is 2.21. The van der Waals surface area contributed by atoms with Crippen LogP contribution < -0.4 is 5.32 Å². The van der Waals surface area contributed by atoms with Gasteiger partial charge in [0.25, 0.3) is 0 Å². The molecule has 0 rings (SSSR count). The third-order valence-corrected chi connectivity index (χ3v) is 2.94. The number of hydrogen-bond acceptors (Lipinski definition) is 6. The van der Waals surface area contributed by atoms with Gasteiger partial charge in [-0.05, 0) is 13.3 Å². The third kappa shape index (κ3) is 8.15. The number of carbonyl (C=O) groups is 3. The van der Waals surface area contributed by atoms with Crippen molar-refractivity contribution in [2.24, 2.45) is 5.41 Å². The average molecular weight is 327 g/mol. The molecular formula is C16H25NO6. The largest absolute Gasteiger partial charge is 0.462 e. The minimum Gasteiger partial charge on any atom is -0.462 e. The van der Waals surface area contributed by atoms with E-state index in [0.717, 1.165) is 6.08 Å². The lowest BCUT2D eigenvalue weighted by atomic mass is 9.87. The fraction of sp³-hybridized carbons (Fsp3) is 0.562. The minimum absolute atomic E-state index is 0.121. The zero-order valence-corrected chi connectivity index (χ0v) is 13.9. The summed E-state index contributed by atoms with van der Waals surface area (Å²) in [6.45, 7) is 11.7. The van der Waals surface area contributed by atoms with E-state index in [1.54, 1.807) is 13.8 Å². The van der Waals surface area contributed by atoms with E-state index in [4.69, 9.17) is 9.47 Å². The first-order valence-electron chi connectivity index (χ1n) is 7.19. The molecule has 0 aromatic heterocycles. The summed E-state index contributed by atoms with van der Waals surface area (Å²) in [5.41, 5.74) is -0.710. The van der Waals surface area contributed by atoms with Crippen LogP contribution in [-0.2, 0) is 23.9 Å². The molecule has 23 heavy (non-hydrogen) atoms. The van der Waals surface area contributed by atoms with Gasteiger partial charge in [0.1, 0.15) is 6.10 Å². The molecule has 0 saturated carbocycles. The van der Waals surface area contributed by atoms with Crippen LogP contribution in [0.15, 0.2) is 24.8 Å². The van der Waals surface area contributed by atoms with Gasteiger partial charge in [0.2, 0.25) is 5.91 Å². The van der Waals surface area contributed by atoms with Crippen LogP contribution in [0.4, 0.5) is 0 Å². The first-order chi connectivity index (χ1) is 10.6. The van der Waals surface area contributed by atoms with Crippen molar-refractivity contribution in [2.75, 3.05) is 19.8 Å². The first-order valence-corrected chi connectivity index (χ1v) is 7.19. The van der Waals surface area contributed by atoms with Gasteiger partial charge in [-0.1, -0.05) is 27.0 Å². The Morgan fingerprint density at radius 3 is 2.43 bits per heavy atom. The fourth-order valence-corrected chi connectivity index (χ4v) is 1.42. The van der Waals surface area contributed by atoms with Gasteiger partial charge >= 0.3 is 11.9 Å². The van der Waals surface area contributed by atoms with Gasteiger partial charge in [-0.15, -0.1) is 0 Å². The summed E-state index contributed by atoms with van der Waals surface area (Å²) >= 11 is 0. The highest BCUT2D eigenvalue weighted by Gasteiger charge is 2.34. The van der Waals surface area contributed by atoms with Crippen LogP contribution in [0.5, 0.6) is 0 Å². The monoisotopic (exact) mass is 327 g/mol. The quantitative estimate of drug-likeness (QED) is 0.348. The van der Waals surface area contributed by atoms with E-state index in [-0.39, 0.29) is 25.3 Å². The van der Waals surface area contributed by atoms with Crippen molar-refractivity contribution in [1.29, 1.82) is 0 Å². The molecule has 0 aliphatic rings. The Hall–Kier alpha value is -2.15. The van der Waals surface area contributed by atoms with Crippen molar-refractivity contribution in [1.82, 2.24) is 5.32 Å². The summed E-state index contributed by atoms with van der Waals surface area (Å²) in [7, 11) is 0. The van der Waals surface area contributed by atoms with Crippen molar-refractivity contribution in [2.45, 2.75) is 33.3 Å². The van der Waals surface area contributed by atoms with Crippen molar-refractivity contribution in [3.05, 3.63) is 24.8 Å². The SMILES string of the molecule is C=CC(=O)OCCCNC(=O)C(O)C(C)(C)COC(=O)C(=C)C. The molecule has 0 radical (unpaired) electrons. The molecule has 0 aliphatic carbocycles. The Bertz CT molecular complexity index is 469. The third-order valence-electron chi connectivity index (χ3n) is 2.94. The number of aliphatic hydroxyl groups is 1. The van der Waals surface area contributed by atoms with E-state index >= 15 is 0 Å². The van der Waals surface area contributed by atoms with E-state index in [0.29, 0.717) is 6.42 Å². The molecule has 2 N–H and O–H groups in total. The molecule has 1 atom stereocenters. The summed E-state index contributed by atoms with van der Waals surface area (Å²) < 4.78 is 9.73. The number of carbonyl (C=O) groups excluding carboxylic acids is 3. The van der Waals surface area contributed by atoms with Gasteiger partial charge in [0.05, 0.1) is 13.2 Å². The van der Waals surface area contributed by atoms with Gasteiger partial charge in [-0.2, -0.15) is 0 Å². The normalized spacial score (nSPS) is 12.0. The van der Waals surface area contributed by atoms with E-state index in [1.165, 1.54) is 6.92 Å². The highest BCUT2D eigenvalue weighted by molar-refractivity contribution is 5.87. The van der Waals surface area contributed by atoms with Gasteiger partial charge in [0.15, 0.2) is 0 Å². The topological polar surface area (TPSA) is 102 Å². The maximum Gasteiger partial charge on any atom is 0.333 e. The fourth-order valence-electron chi connectivity index (χ4n) is 1.42. The lowest BCUT2D eigenvalue weighted by Crippen LogP contribution is -2.46. The van der Waals surface area contributed by atoms with Gasteiger partial charge in [-0.3, -0.25) is 4.79 Å². The zero-order chi connectivity index (χ0) is 18.0. The van der Waals surface area contributed by atoms with E-state index < -0.39 is 29.4 Å². The Morgan fingerprint density at radius 2 is 1.91 bits per heavy atom. The van der Waals surface area contributed by atoms with Crippen LogP contribution >= 0.6 is 0 Å². The Labute approximate surface area is 136 Å². The molecular weight excluding hydrogens is 302 g/mol. The van der Waals surface area contributed by atoms with Crippen LogP contribution in [-0.4, -0.2) is 48.8 Å². The molecule has 0 saturated heterocycles. The van der Waals surface area contributed by atoms with Gasteiger partial charge in [-0.25, -0.2) is 9.59 Å². The number of hydrogen-bond donors (Lipinski definition) is 2. The second-order valence-electron chi connectivity index (χ2n) is 5.76. The van der Waals surface area contributed by atoms with Crippen molar-refractivity contribution in [3.8, 4) is 0 Å². The molecule has 0 fully saturated rings. The second-order valence-corrected chi connectivity index (χ2v) is 5.76. The molecule has 0 spiro atoms. The summed E-state index contributed by atoms with van der Waals surface area (Å²) in [4.78, 5) is 34.0. The van der Waals surface area contributed by atoms with Crippen molar-refractivity contribution >= 4 is 17.8 Å². The van der Waals surface area contributed by atoms with Crippen LogP contribution in [0.2, 0.25) is 0 Å². The van der Waals surface area contributed by atoms with E-state index in [9.17, 15) is 19.5 Å². The molecule has 0 heterocycles. The molecule has 0 aromatic rings. The lowest BCUT2D eigenvalue weighted by Gasteiger charge is -2.29. The predicted molar refractivity (Wildman–Crippen MR) is 84.3 cm³/mol. The molecule has 0 aliphatic heterocycles. The molecule has 0 aromatic carbocycles. The summed E-state index contributed by atoms with van der Waals surface area (Å²) in [5, 5.41) is 12.6. The number of nitrogens with one attached hydrogen (secondary N) is 1. The number of rotatable bonds is 10. The molecule has 1 amide bonds. The smallest absolute Gasteiger partial charge is 0.333 e. The number of esters is 2. The van der Waals surface area contributed by atoms with Crippen LogP contribution in [0.1, 0.15) is 27.2 Å². The highest BCUT2D eigenvalue weighted by atomic mass is 16.5. The van der Waals surface area contributed by atoms with Crippen molar-refractivity contribution in [3.63, 3.8) is 0 Å². The number of amides is 1. The standard InChI is InChI=1S/C16H25NO6/c1-6-12(18)22-9-7-8-17-14(20)13(19)16(4,5)10-23-15(21)11(2)3/h6,13,19H,1-2,7-10H2,3-5H3,(H,17,20). The molecule has 130 valence electrons. The van der Waals surface area contributed by atoms with Crippen molar-refractivity contribution < 1.29 is 29.0 Å². The van der Waals surface area contributed by atoms with Crippen LogP contribution in [0, 0.1) is 5.41 Å². The van der Waals surface area contributed by atoms with Crippen LogP contribution in [0.3, 0.4) is 0 Å². The molecule has 7 heteroatoms. The second kappa shape index (κ2) is 9.78. The van der Waals surface area contributed by atoms with Crippen LogP contribution in [0.25, 0.3) is 0 Å². The Balaban J connectivity index is 4.19. The van der Waals surface area contributed by atoms with Gasteiger partial charge in [0, 0.05) is 23.6 Å². The number of ether oxygens (including phenoxy) is 2. The summed E-state index contributed by atoms with van der Waals surface area (Å²) in [6, 6.07) is 0. The molecule has 0 bridgehead atoms. The predicted octanol–water partition coefficient (Wildman–Crippen LogP) is 0.728. The maximum absolute atomic E-state index is 11.9. The lowest BCUT2D eigenvalue weighted by molar-refractivity contribution is -0.149. The minimum atomic E-state index is -1.35. The summed E-state index contributed by atoms with van der Waals surface area (Å²) in [6.07, 6.45) is 0.108. The number of aliphatic hydroxyl groups excluding tert-OH is 1. The maximum atomic E-state index is 11.9. The van der Waals surface area contributed by atoms with E-state index in [1.807, 2.05) is 0 Å². The van der Waals surface area contributed by atoms with Gasteiger partial charge < -0.3 is 19.9 Å². The Kier molecular flexibility index (Phi) is 8.87. The Morgan fingerprint density at radius 1 is 1.30 bits per heavy atom. The first kappa shape index (κ1) is 20.9. The zero-order valence-electron chi connectivity index (χ0n) is 13.9. The average Bonchev–Trinajstić information content (AvgIpc) is 2.50. The summed E-state index contributed by atoms with van der Waals surface area (Å²) in [5.74, 6) is -1.69. The van der Waals surface area contributed by atoms with E-state index in [2.05, 4.69) is 18.5 Å².